The lowest BCUT2D eigenvalue weighted by Crippen LogP contribution is -2.52. The van der Waals surface area contributed by atoms with E-state index in [9.17, 15) is 9.59 Å². The van der Waals surface area contributed by atoms with Crippen molar-refractivity contribution >= 4 is 11.8 Å². The van der Waals surface area contributed by atoms with E-state index in [0.717, 1.165) is 45.6 Å². The summed E-state index contributed by atoms with van der Waals surface area (Å²) >= 11 is 0. The van der Waals surface area contributed by atoms with Gasteiger partial charge in [0.15, 0.2) is 0 Å². The molecule has 0 aliphatic carbocycles. The van der Waals surface area contributed by atoms with E-state index in [0.29, 0.717) is 12.1 Å². The van der Waals surface area contributed by atoms with Crippen LogP contribution in [-0.2, 0) is 4.79 Å². The molecular formula is C18H29N5O2. The maximum Gasteiger partial charge on any atom is 0.257 e. The van der Waals surface area contributed by atoms with E-state index >= 15 is 0 Å². The minimum atomic E-state index is -0.0683. The number of piperazine rings is 1. The van der Waals surface area contributed by atoms with E-state index in [4.69, 9.17) is 0 Å². The van der Waals surface area contributed by atoms with Crippen molar-refractivity contribution in [3.05, 3.63) is 18.0 Å². The molecule has 2 aliphatic rings. The molecule has 0 spiro atoms. The number of carbonyl (C=O) groups excluding carboxylic acids is 2. The number of piperidine rings is 1. The highest BCUT2D eigenvalue weighted by molar-refractivity contribution is 5.94. The van der Waals surface area contributed by atoms with E-state index < -0.39 is 0 Å². The number of nitrogens with zero attached hydrogens (tertiary/aromatic N) is 5. The molecule has 3 rings (SSSR count). The fourth-order valence-electron chi connectivity index (χ4n) is 3.56. The number of hydrogen-bond acceptors (Lipinski definition) is 4. The van der Waals surface area contributed by atoms with Gasteiger partial charge >= 0.3 is 0 Å². The largest absolute Gasteiger partial charge is 0.340 e. The normalized spacial score (nSPS) is 22.5. The summed E-state index contributed by atoms with van der Waals surface area (Å²) in [5.41, 5.74) is 0.612. The smallest absolute Gasteiger partial charge is 0.257 e. The molecular weight excluding hydrogens is 318 g/mol. The van der Waals surface area contributed by atoms with Crippen LogP contribution in [0.15, 0.2) is 12.4 Å². The number of aromatic nitrogens is 2. The summed E-state index contributed by atoms with van der Waals surface area (Å²) in [7, 11) is 2.08. The van der Waals surface area contributed by atoms with Crippen molar-refractivity contribution in [2.75, 3.05) is 46.3 Å². The fraction of sp³-hybridized carbons (Fsp3) is 0.722. The van der Waals surface area contributed by atoms with Crippen LogP contribution in [0.4, 0.5) is 0 Å². The van der Waals surface area contributed by atoms with Crippen LogP contribution in [0.3, 0.4) is 0 Å². The predicted molar refractivity (Wildman–Crippen MR) is 95.3 cm³/mol. The number of hydrogen-bond donors (Lipinski definition) is 0. The van der Waals surface area contributed by atoms with Crippen molar-refractivity contribution < 1.29 is 9.59 Å². The Morgan fingerprint density at radius 2 is 1.84 bits per heavy atom. The van der Waals surface area contributed by atoms with Crippen molar-refractivity contribution in [2.45, 2.75) is 32.7 Å². The molecule has 0 N–H and O–H groups in total. The molecule has 2 amide bonds. The Balaban J connectivity index is 1.62. The lowest BCUT2D eigenvalue weighted by atomic mass is 9.95. The number of likely N-dealkylation sites (tertiary alicyclic amines) is 1. The van der Waals surface area contributed by atoms with E-state index in [1.165, 1.54) is 0 Å². The number of carbonyl (C=O) groups is 2. The SMILES string of the molecule is CC(C)n1cc(C(=O)N2CCC[C@H](C(=O)N3CCN(C)CC3)C2)cn1. The molecule has 138 valence electrons. The zero-order valence-corrected chi connectivity index (χ0v) is 15.5. The van der Waals surface area contributed by atoms with Crippen LogP contribution in [0.25, 0.3) is 0 Å². The second-order valence-electron chi connectivity index (χ2n) is 7.52. The molecule has 3 heterocycles. The van der Waals surface area contributed by atoms with Gasteiger partial charge in [-0.3, -0.25) is 14.3 Å². The Hall–Kier alpha value is -1.89. The first-order valence-electron chi connectivity index (χ1n) is 9.26. The topological polar surface area (TPSA) is 61.7 Å². The fourth-order valence-corrected chi connectivity index (χ4v) is 3.56. The summed E-state index contributed by atoms with van der Waals surface area (Å²) in [5.74, 6) is 0.132. The van der Waals surface area contributed by atoms with Crippen molar-refractivity contribution in [2.24, 2.45) is 5.92 Å². The summed E-state index contributed by atoms with van der Waals surface area (Å²) in [6.45, 7) is 8.75. The Kier molecular flexibility index (Phi) is 5.42. The summed E-state index contributed by atoms with van der Waals surface area (Å²) in [6.07, 6.45) is 5.20. The number of amides is 2. The minimum Gasteiger partial charge on any atom is -0.340 e. The number of rotatable bonds is 3. The Labute approximate surface area is 149 Å². The molecule has 25 heavy (non-hydrogen) atoms. The van der Waals surface area contributed by atoms with E-state index in [2.05, 4.69) is 17.0 Å². The average Bonchev–Trinajstić information content (AvgIpc) is 3.12. The number of likely N-dealkylation sites (N-methyl/N-ethyl adjacent to an activating group) is 1. The quantitative estimate of drug-likeness (QED) is 0.821. The maximum absolute atomic E-state index is 12.8. The maximum atomic E-state index is 12.8. The lowest BCUT2D eigenvalue weighted by molar-refractivity contribution is -0.138. The highest BCUT2D eigenvalue weighted by Gasteiger charge is 2.32. The van der Waals surface area contributed by atoms with Crippen molar-refractivity contribution in [1.29, 1.82) is 0 Å². The third-order valence-corrected chi connectivity index (χ3v) is 5.25. The average molecular weight is 347 g/mol. The second-order valence-corrected chi connectivity index (χ2v) is 7.52. The van der Waals surface area contributed by atoms with Crippen molar-refractivity contribution in [1.82, 2.24) is 24.5 Å². The van der Waals surface area contributed by atoms with Gasteiger partial charge in [0.1, 0.15) is 0 Å². The Bertz CT molecular complexity index is 619. The molecule has 2 aliphatic heterocycles. The highest BCUT2D eigenvalue weighted by Crippen LogP contribution is 2.21. The molecule has 1 aromatic heterocycles. The molecule has 0 unspecified atom stereocenters. The molecule has 0 bridgehead atoms. The second kappa shape index (κ2) is 7.56. The summed E-state index contributed by atoms with van der Waals surface area (Å²) in [6, 6.07) is 0.231. The zero-order chi connectivity index (χ0) is 18.0. The summed E-state index contributed by atoms with van der Waals surface area (Å²) < 4.78 is 1.80. The van der Waals surface area contributed by atoms with Gasteiger partial charge in [-0.05, 0) is 33.7 Å². The summed E-state index contributed by atoms with van der Waals surface area (Å²) in [5, 5.41) is 4.26. The molecule has 0 saturated carbocycles. The van der Waals surface area contributed by atoms with E-state index in [1.807, 2.05) is 23.6 Å². The summed E-state index contributed by atoms with van der Waals surface area (Å²) in [4.78, 5) is 31.6. The first-order valence-corrected chi connectivity index (χ1v) is 9.26. The van der Waals surface area contributed by atoms with Gasteiger partial charge in [-0.15, -0.1) is 0 Å². The molecule has 1 aromatic rings. The molecule has 2 fully saturated rings. The van der Waals surface area contributed by atoms with Crippen LogP contribution in [0.5, 0.6) is 0 Å². The van der Waals surface area contributed by atoms with E-state index in [1.54, 1.807) is 17.1 Å². The van der Waals surface area contributed by atoms with Gasteiger partial charge in [-0.2, -0.15) is 5.10 Å². The first-order chi connectivity index (χ1) is 12.0. The third kappa shape index (κ3) is 4.03. The van der Waals surface area contributed by atoms with Crippen LogP contribution in [0, 0.1) is 5.92 Å². The Morgan fingerprint density at radius 3 is 2.48 bits per heavy atom. The van der Waals surface area contributed by atoms with Gasteiger partial charge in [0, 0.05) is 51.5 Å². The molecule has 0 aromatic carbocycles. The monoisotopic (exact) mass is 347 g/mol. The standard InChI is InChI=1S/C18H29N5O2/c1-14(2)23-13-16(11-19-23)18(25)22-6-4-5-15(12-22)17(24)21-9-7-20(3)8-10-21/h11,13-15H,4-10,12H2,1-3H3/t15-/m0/s1. The predicted octanol–water partition coefficient (Wildman–Crippen LogP) is 1.09. The third-order valence-electron chi connectivity index (χ3n) is 5.25. The molecule has 7 heteroatoms. The molecule has 7 nitrogen and oxygen atoms in total. The van der Waals surface area contributed by atoms with E-state index in [-0.39, 0.29) is 23.8 Å². The van der Waals surface area contributed by atoms with Gasteiger partial charge in [0.05, 0.1) is 17.7 Å². The van der Waals surface area contributed by atoms with Crippen LogP contribution < -0.4 is 0 Å². The van der Waals surface area contributed by atoms with Gasteiger partial charge in [-0.1, -0.05) is 0 Å². The van der Waals surface area contributed by atoms with Gasteiger partial charge in [0.25, 0.3) is 5.91 Å². The van der Waals surface area contributed by atoms with Crippen LogP contribution in [0.2, 0.25) is 0 Å². The molecule has 1 atom stereocenters. The van der Waals surface area contributed by atoms with Crippen LogP contribution in [-0.4, -0.2) is 82.6 Å². The lowest BCUT2D eigenvalue weighted by Gasteiger charge is -2.38. The zero-order valence-electron chi connectivity index (χ0n) is 15.5. The first kappa shape index (κ1) is 17.9. The highest BCUT2D eigenvalue weighted by atomic mass is 16.2. The van der Waals surface area contributed by atoms with Gasteiger partial charge < -0.3 is 14.7 Å². The Morgan fingerprint density at radius 1 is 1.12 bits per heavy atom. The van der Waals surface area contributed by atoms with Gasteiger partial charge in [-0.25, -0.2) is 0 Å². The van der Waals surface area contributed by atoms with Crippen LogP contribution in [0.1, 0.15) is 43.1 Å². The van der Waals surface area contributed by atoms with Crippen molar-refractivity contribution in [3.63, 3.8) is 0 Å². The van der Waals surface area contributed by atoms with Gasteiger partial charge in [0.2, 0.25) is 5.91 Å². The van der Waals surface area contributed by atoms with Crippen molar-refractivity contribution in [3.8, 4) is 0 Å². The van der Waals surface area contributed by atoms with Crippen LogP contribution >= 0.6 is 0 Å². The molecule has 0 radical (unpaired) electrons. The molecule has 2 saturated heterocycles. The minimum absolute atomic E-state index is 0.0113.